The summed E-state index contributed by atoms with van der Waals surface area (Å²) in [6, 6.07) is 10.0. The molecule has 1 amide bonds. The van der Waals surface area contributed by atoms with Gasteiger partial charge in [0, 0.05) is 22.3 Å². The van der Waals surface area contributed by atoms with E-state index in [2.05, 4.69) is 19.0 Å². The minimum Gasteiger partial charge on any atom is -0.329 e. The smallest absolute Gasteiger partial charge is 0.329 e. The molecule has 28 heavy (non-hydrogen) atoms. The molecule has 146 valence electrons. The van der Waals surface area contributed by atoms with E-state index in [0.29, 0.717) is 0 Å². The molecule has 0 N–H and O–H groups in total. The van der Waals surface area contributed by atoms with E-state index in [9.17, 15) is 26.6 Å². The molecule has 0 saturated carbocycles. The SMILES string of the molecule is CS(=O)(=NC(=O)c1cccc(-c2noc(C(F)(F)F)n2)c1)c1ccc(F)cc1. The van der Waals surface area contributed by atoms with Crippen molar-refractivity contribution in [2.75, 3.05) is 6.26 Å². The molecule has 0 fully saturated rings. The fourth-order valence-electron chi connectivity index (χ4n) is 2.20. The molecule has 0 bridgehead atoms. The summed E-state index contributed by atoms with van der Waals surface area (Å²) in [5.41, 5.74) is 0.0530. The molecule has 0 aliphatic carbocycles. The molecule has 0 aliphatic rings. The monoisotopic (exact) mass is 413 g/mol. The van der Waals surface area contributed by atoms with Crippen LogP contribution in [0, 0.1) is 5.82 Å². The van der Waals surface area contributed by atoms with Crippen LogP contribution in [0.1, 0.15) is 16.2 Å². The van der Waals surface area contributed by atoms with Crippen molar-refractivity contribution in [2.24, 2.45) is 4.36 Å². The summed E-state index contributed by atoms with van der Waals surface area (Å²) >= 11 is 0. The molecule has 2 aromatic carbocycles. The van der Waals surface area contributed by atoms with Gasteiger partial charge in [-0.3, -0.25) is 4.79 Å². The van der Waals surface area contributed by atoms with Crippen molar-refractivity contribution in [1.29, 1.82) is 0 Å². The first-order valence-corrected chi connectivity index (χ1v) is 9.52. The van der Waals surface area contributed by atoms with Crippen molar-refractivity contribution in [3.63, 3.8) is 0 Å². The van der Waals surface area contributed by atoms with Gasteiger partial charge in [-0.15, -0.1) is 0 Å². The van der Waals surface area contributed by atoms with Gasteiger partial charge in [-0.05, 0) is 36.4 Å². The predicted octanol–water partition coefficient (Wildman–Crippen LogP) is 4.19. The van der Waals surface area contributed by atoms with Crippen molar-refractivity contribution in [1.82, 2.24) is 10.1 Å². The number of carbonyl (C=O) groups is 1. The lowest BCUT2D eigenvalue weighted by Gasteiger charge is -2.04. The number of nitrogens with zero attached hydrogens (tertiary/aromatic N) is 3. The maximum atomic E-state index is 13.0. The van der Waals surface area contributed by atoms with Crippen LogP contribution in [0.4, 0.5) is 17.6 Å². The Morgan fingerprint density at radius 2 is 1.82 bits per heavy atom. The minimum atomic E-state index is -4.79. The van der Waals surface area contributed by atoms with Gasteiger partial charge in [-0.2, -0.15) is 22.5 Å². The third-order valence-corrected chi connectivity index (χ3v) is 5.21. The van der Waals surface area contributed by atoms with Gasteiger partial charge in [0.15, 0.2) is 0 Å². The Hall–Kier alpha value is -3.08. The van der Waals surface area contributed by atoms with Gasteiger partial charge in [0.1, 0.15) is 5.82 Å². The second-order valence-electron chi connectivity index (χ2n) is 5.65. The van der Waals surface area contributed by atoms with Crippen LogP contribution in [0.25, 0.3) is 11.4 Å². The van der Waals surface area contributed by atoms with E-state index in [0.717, 1.165) is 12.1 Å². The topological polar surface area (TPSA) is 85.4 Å². The predicted molar refractivity (Wildman–Crippen MR) is 90.2 cm³/mol. The molecule has 0 radical (unpaired) electrons. The third kappa shape index (κ3) is 4.25. The number of halogens is 4. The van der Waals surface area contributed by atoms with Gasteiger partial charge in [0.05, 0.1) is 9.73 Å². The van der Waals surface area contributed by atoms with Gasteiger partial charge in [-0.25, -0.2) is 8.60 Å². The molecule has 0 saturated heterocycles. The Labute approximate surface area is 156 Å². The molecule has 6 nitrogen and oxygen atoms in total. The summed E-state index contributed by atoms with van der Waals surface area (Å²) < 4.78 is 71.2. The second-order valence-corrected chi connectivity index (χ2v) is 7.91. The summed E-state index contributed by atoms with van der Waals surface area (Å²) in [5.74, 6) is -3.27. The van der Waals surface area contributed by atoms with E-state index in [1.165, 1.54) is 42.7 Å². The number of aromatic nitrogens is 2. The molecule has 11 heteroatoms. The first-order valence-electron chi connectivity index (χ1n) is 7.60. The van der Waals surface area contributed by atoms with Crippen molar-refractivity contribution >= 4 is 15.6 Å². The van der Waals surface area contributed by atoms with Crippen LogP contribution in [-0.4, -0.2) is 26.5 Å². The lowest BCUT2D eigenvalue weighted by molar-refractivity contribution is -0.159. The molecular formula is C17H11F4N3O3S. The Kier molecular flexibility index (Phi) is 5.02. The van der Waals surface area contributed by atoms with E-state index < -0.39 is 33.5 Å². The van der Waals surface area contributed by atoms with E-state index in [4.69, 9.17) is 0 Å². The standard InChI is InChI=1S/C17H11F4N3O3S/c1-28(26,13-7-5-12(18)6-8-13)24-15(25)11-4-2-3-10(9-11)14-22-16(27-23-14)17(19,20)21/h2-9H,1H3. The molecule has 3 aromatic rings. The van der Waals surface area contributed by atoms with Crippen LogP contribution >= 0.6 is 0 Å². The van der Waals surface area contributed by atoms with Gasteiger partial charge in [-0.1, -0.05) is 17.3 Å². The second kappa shape index (κ2) is 7.15. The summed E-state index contributed by atoms with van der Waals surface area (Å²) in [7, 11) is -3.16. The molecule has 1 heterocycles. The summed E-state index contributed by atoms with van der Waals surface area (Å²) in [4.78, 5) is 15.8. The molecular weight excluding hydrogens is 402 g/mol. The van der Waals surface area contributed by atoms with Crippen LogP contribution < -0.4 is 0 Å². The summed E-state index contributed by atoms with van der Waals surface area (Å²) in [5, 5.41) is 3.24. The molecule has 1 atom stereocenters. The highest BCUT2D eigenvalue weighted by molar-refractivity contribution is 7.93. The first kappa shape index (κ1) is 19.7. The molecule has 0 aliphatic heterocycles. The van der Waals surface area contributed by atoms with Gasteiger partial charge < -0.3 is 4.52 Å². The van der Waals surface area contributed by atoms with E-state index in [1.54, 1.807) is 0 Å². The molecule has 1 aromatic heterocycles. The molecule has 1 unspecified atom stereocenters. The highest BCUT2D eigenvalue weighted by atomic mass is 32.2. The number of amides is 1. The number of hydrogen-bond acceptors (Lipinski definition) is 5. The summed E-state index contributed by atoms with van der Waals surface area (Å²) in [6.07, 6.45) is -3.58. The Morgan fingerprint density at radius 1 is 1.14 bits per heavy atom. The lowest BCUT2D eigenvalue weighted by Crippen LogP contribution is -2.05. The average molecular weight is 413 g/mol. The summed E-state index contributed by atoms with van der Waals surface area (Å²) in [6.45, 7) is 0. The zero-order valence-electron chi connectivity index (χ0n) is 14.1. The van der Waals surface area contributed by atoms with E-state index >= 15 is 0 Å². The Bertz CT molecular complexity index is 1150. The van der Waals surface area contributed by atoms with Crippen molar-refractivity contribution < 1.29 is 31.1 Å². The molecule has 0 spiro atoms. The maximum absolute atomic E-state index is 13.0. The van der Waals surface area contributed by atoms with Crippen molar-refractivity contribution in [3.05, 3.63) is 65.8 Å². The zero-order chi connectivity index (χ0) is 20.5. The van der Waals surface area contributed by atoms with Crippen molar-refractivity contribution in [3.8, 4) is 11.4 Å². The van der Waals surface area contributed by atoms with Gasteiger partial charge in [0.2, 0.25) is 5.82 Å². The average Bonchev–Trinajstić information content (AvgIpc) is 3.12. The maximum Gasteiger partial charge on any atom is 0.471 e. The number of alkyl halides is 3. The van der Waals surface area contributed by atoms with Crippen LogP contribution in [0.5, 0.6) is 0 Å². The van der Waals surface area contributed by atoms with E-state index in [1.807, 2.05) is 0 Å². The number of carbonyl (C=O) groups excluding carboxylic acids is 1. The highest BCUT2D eigenvalue weighted by Crippen LogP contribution is 2.29. The van der Waals surface area contributed by atoms with Crippen molar-refractivity contribution in [2.45, 2.75) is 11.1 Å². The van der Waals surface area contributed by atoms with Crippen LogP contribution in [0.3, 0.4) is 0 Å². The zero-order valence-corrected chi connectivity index (χ0v) is 14.9. The minimum absolute atomic E-state index is 0.0347. The van der Waals surface area contributed by atoms with Crippen LogP contribution in [0.15, 0.2) is 62.3 Å². The quantitative estimate of drug-likeness (QED) is 0.601. The largest absolute Gasteiger partial charge is 0.471 e. The fourth-order valence-corrected chi connectivity index (χ4v) is 3.37. The van der Waals surface area contributed by atoms with Crippen LogP contribution in [-0.2, 0) is 15.9 Å². The number of rotatable bonds is 3. The third-order valence-electron chi connectivity index (χ3n) is 3.54. The van der Waals surface area contributed by atoms with Gasteiger partial charge >= 0.3 is 12.1 Å². The van der Waals surface area contributed by atoms with Crippen LogP contribution in [0.2, 0.25) is 0 Å². The van der Waals surface area contributed by atoms with E-state index in [-0.39, 0.29) is 21.8 Å². The molecule has 3 rings (SSSR count). The fraction of sp³-hybridized carbons (Fsp3) is 0.118. The number of hydrogen-bond donors (Lipinski definition) is 0. The Morgan fingerprint density at radius 3 is 2.43 bits per heavy atom. The lowest BCUT2D eigenvalue weighted by atomic mass is 10.1. The Balaban J connectivity index is 1.93. The van der Waals surface area contributed by atoms with Gasteiger partial charge in [0.25, 0.3) is 5.91 Å². The normalized spacial score (nSPS) is 13.8. The highest BCUT2D eigenvalue weighted by Gasteiger charge is 2.38. The number of benzene rings is 2. The first-order chi connectivity index (χ1) is 13.1.